The van der Waals surface area contributed by atoms with Gasteiger partial charge in [0.15, 0.2) is 0 Å². The van der Waals surface area contributed by atoms with Gasteiger partial charge in [0, 0.05) is 0 Å². The highest BCUT2D eigenvalue weighted by Gasteiger charge is 2.22. The Morgan fingerprint density at radius 3 is 2.11 bits per heavy atom. The highest BCUT2D eigenvalue weighted by molar-refractivity contribution is 6.67. The van der Waals surface area contributed by atoms with Crippen LogP contribution in [0.25, 0.3) is 0 Å². The monoisotopic (exact) mass is 191 g/mol. The largest absolute Gasteiger partial charge is 0.453 e. The fourth-order valence-electron chi connectivity index (χ4n) is 0.167. The number of methoxy groups -OCH3 is 1. The summed E-state index contributed by atoms with van der Waals surface area (Å²) >= 11 is 15.4. The highest BCUT2D eigenvalue weighted by atomic mass is 35.6. The molecule has 0 rings (SSSR count). The number of alkyl halides is 3. The average molecular weight is 192 g/mol. The quantitative estimate of drug-likeness (QED) is 0.468. The van der Waals surface area contributed by atoms with E-state index in [2.05, 4.69) is 4.74 Å². The summed E-state index contributed by atoms with van der Waals surface area (Å²) in [4.78, 5) is 10.2. The Morgan fingerprint density at radius 1 is 1.56 bits per heavy atom. The van der Waals surface area contributed by atoms with Crippen LogP contribution in [-0.4, -0.2) is 17.1 Å². The van der Waals surface area contributed by atoms with Gasteiger partial charge in [0.1, 0.15) is 0 Å². The van der Waals surface area contributed by atoms with Crippen molar-refractivity contribution in [2.45, 2.75) is 3.92 Å². The topological polar surface area (TPSA) is 38.3 Å². The van der Waals surface area contributed by atoms with Crippen molar-refractivity contribution in [3.8, 4) is 0 Å². The van der Waals surface area contributed by atoms with Gasteiger partial charge in [-0.2, -0.15) is 0 Å². The van der Waals surface area contributed by atoms with E-state index in [4.69, 9.17) is 34.8 Å². The van der Waals surface area contributed by atoms with Crippen LogP contribution in [0.15, 0.2) is 0 Å². The Bertz CT molecular complexity index is 110. The van der Waals surface area contributed by atoms with E-state index in [0.717, 1.165) is 0 Å². The minimum atomic E-state index is -1.78. The normalized spacial score (nSPS) is 10.7. The lowest BCUT2D eigenvalue weighted by atomic mass is 11.1. The molecule has 0 heterocycles. The fraction of sp³-hybridized carbons (Fsp3) is 0.667. The number of carbonyl (C=O) groups is 1. The number of alkyl carbamates (subject to hydrolysis) is 1. The van der Waals surface area contributed by atoms with Crippen molar-refractivity contribution < 1.29 is 9.53 Å². The second-order valence-electron chi connectivity index (χ2n) is 1.11. The molecule has 0 aliphatic rings. The predicted molar refractivity (Wildman–Crippen MR) is 35.8 cm³/mol. The number of rotatable bonds is 0. The molecule has 0 aromatic rings. The molecule has 6 heteroatoms. The van der Waals surface area contributed by atoms with E-state index in [-0.39, 0.29) is 0 Å². The summed E-state index contributed by atoms with van der Waals surface area (Å²) < 4.78 is 2.34. The number of hydrogen-bond donors (Lipinski definition) is 1. The first kappa shape index (κ1) is 9.14. The molecule has 3 nitrogen and oxygen atoms in total. The van der Waals surface area contributed by atoms with Crippen LogP contribution in [0.4, 0.5) is 4.79 Å². The van der Waals surface area contributed by atoms with Crippen molar-refractivity contribution in [1.29, 1.82) is 0 Å². The van der Waals surface area contributed by atoms with E-state index in [0.29, 0.717) is 0 Å². The molecule has 0 atom stereocenters. The first-order chi connectivity index (χ1) is 3.95. The van der Waals surface area contributed by atoms with Gasteiger partial charge in [-0.1, -0.05) is 34.8 Å². The van der Waals surface area contributed by atoms with Gasteiger partial charge in [-0.05, 0) is 0 Å². The van der Waals surface area contributed by atoms with Crippen molar-refractivity contribution in [2.24, 2.45) is 0 Å². The van der Waals surface area contributed by atoms with Crippen molar-refractivity contribution in [3.05, 3.63) is 0 Å². The number of halogens is 3. The molecule has 1 amide bonds. The lowest BCUT2D eigenvalue weighted by Gasteiger charge is -2.10. The number of ether oxygens (including phenoxy) is 1. The number of carbonyl (C=O) groups excluding carboxylic acids is 1. The minimum absolute atomic E-state index is 0.782. The molecule has 0 aliphatic heterocycles. The third-order valence-corrected chi connectivity index (χ3v) is 0.713. The second kappa shape index (κ2) is 3.34. The van der Waals surface area contributed by atoms with Crippen LogP contribution in [-0.2, 0) is 4.74 Å². The Labute approximate surface area is 67.2 Å². The Kier molecular flexibility index (Phi) is 3.40. The zero-order valence-corrected chi connectivity index (χ0v) is 6.72. The molecule has 0 aliphatic carbocycles. The van der Waals surface area contributed by atoms with Crippen LogP contribution in [0, 0.1) is 0 Å². The number of amides is 1. The van der Waals surface area contributed by atoms with Crippen LogP contribution < -0.4 is 5.32 Å². The maximum absolute atomic E-state index is 10.2. The molecule has 0 unspecified atom stereocenters. The maximum atomic E-state index is 10.2. The summed E-state index contributed by atoms with van der Waals surface area (Å²) in [5, 5.41) is 1.90. The molecule has 1 N–H and O–H groups in total. The highest BCUT2D eigenvalue weighted by Crippen LogP contribution is 2.21. The van der Waals surface area contributed by atoms with Crippen LogP contribution in [0.5, 0.6) is 0 Å². The average Bonchev–Trinajstić information content (AvgIpc) is 1.62. The Balaban J connectivity index is 3.60. The van der Waals surface area contributed by atoms with Gasteiger partial charge in [-0.25, -0.2) is 4.79 Å². The first-order valence-electron chi connectivity index (χ1n) is 1.88. The Morgan fingerprint density at radius 2 is 2.00 bits per heavy atom. The van der Waals surface area contributed by atoms with Crippen LogP contribution >= 0.6 is 34.8 Å². The maximum Gasteiger partial charge on any atom is 0.410 e. The molecular formula is C3H4Cl3NO2. The van der Waals surface area contributed by atoms with Gasteiger partial charge >= 0.3 is 6.09 Å². The van der Waals surface area contributed by atoms with Gasteiger partial charge in [-0.3, -0.25) is 5.32 Å². The number of nitrogens with one attached hydrogen (secondary N) is 1. The van der Waals surface area contributed by atoms with Gasteiger partial charge in [0.25, 0.3) is 3.92 Å². The molecule has 0 fully saturated rings. The smallest absolute Gasteiger partial charge is 0.410 e. The van der Waals surface area contributed by atoms with Crippen LogP contribution in [0.3, 0.4) is 0 Å². The Hall–Kier alpha value is 0.140. The third kappa shape index (κ3) is 6.02. The fourth-order valence-corrected chi connectivity index (χ4v) is 0.398. The van der Waals surface area contributed by atoms with E-state index in [1.54, 1.807) is 0 Å². The minimum Gasteiger partial charge on any atom is -0.453 e. The first-order valence-corrected chi connectivity index (χ1v) is 3.02. The van der Waals surface area contributed by atoms with Gasteiger partial charge in [-0.15, -0.1) is 0 Å². The van der Waals surface area contributed by atoms with E-state index in [1.807, 2.05) is 5.32 Å². The van der Waals surface area contributed by atoms with Gasteiger partial charge < -0.3 is 4.74 Å². The van der Waals surface area contributed by atoms with Gasteiger partial charge in [0.05, 0.1) is 7.11 Å². The molecule has 0 saturated heterocycles. The zero-order chi connectivity index (χ0) is 7.49. The molecule has 0 radical (unpaired) electrons. The molecular weight excluding hydrogens is 188 g/mol. The second-order valence-corrected chi connectivity index (χ2v) is 3.40. The number of hydrogen-bond acceptors (Lipinski definition) is 2. The molecule has 0 spiro atoms. The summed E-state index contributed by atoms with van der Waals surface area (Å²) in [6.45, 7) is 0. The van der Waals surface area contributed by atoms with Crippen molar-refractivity contribution >= 4 is 40.9 Å². The summed E-state index contributed by atoms with van der Waals surface area (Å²) in [5.74, 6) is 0. The lowest BCUT2D eigenvalue weighted by Crippen LogP contribution is -2.34. The SMILES string of the molecule is COC(=O)NC(Cl)(Cl)Cl. The predicted octanol–water partition coefficient (Wildman–Crippen LogP) is 1.67. The van der Waals surface area contributed by atoms with Gasteiger partial charge in [0.2, 0.25) is 0 Å². The summed E-state index contributed by atoms with van der Waals surface area (Å²) in [5.41, 5.74) is 0. The zero-order valence-electron chi connectivity index (χ0n) is 4.45. The summed E-state index contributed by atoms with van der Waals surface area (Å²) in [6.07, 6.45) is -0.782. The molecule has 0 aromatic heterocycles. The summed E-state index contributed by atoms with van der Waals surface area (Å²) in [7, 11) is 1.17. The van der Waals surface area contributed by atoms with E-state index >= 15 is 0 Å². The van der Waals surface area contributed by atoms with E-state index in [1.165, 1.54) is 7.11 Å². The lowest BCUT2D eigenvalue weighted by molar-refractivity contribution is 0.171. The molecule has 0 aromatic carbocycles. The summed E-state index contributed by atoms with van der Waals surface area (Å²) in [6, 6.07) is 0. The molecule has 54 valence electrons. The molecule has 9 heavy (non-hydrogen) atoms. The third-order valence-electron chi connectivity index (χ3n) is 0.429. The standard InChI is InChI=1S/C3H4Cl3NO2/c1-9-2(8)7-3(4,5)6/h1H3,(H,7,8). The van der Waals surface area contributed by atoms with Crippen LogP contribution in [0.2, 0.25) is 0 Å². The van der Waals surface area contributed by atoms with Crippen LogP contribution in [0.1, 0.15) is 0 Å². The van der Waals surface area contributed by atoms with E-state index < -0.39 is 10.0 Å². The van der Waals surface area contributed by atoms with E-state index in [9.17, 15) is 4.79 Å². The van der Waals surface area contributed by atoms with Crippen molar-refractivity contribution in [3.63, 3.8) is 0 Å². The van der Waals surface area contributed by atoms with Crippen molar-refractivity contribution in [2.75, 3.05) is 7.11 Å². The van der Waals surface area contributed by atoms with Crippen molar-refractivity contribution in [1.82, 2.24) is 5.32 Å². The molecule has 0 saturated carbocycles. The molecule has 0 bridgehead atoms.